The second-order valence-electron chi connectivity index (χ2n) is 4.65. The van der Waals surface area contributed by atoms with Gasteiger partial charge in [0.05, 0.1) is 7.11 Å². The minimum absolute atomic E-state index is 0.528. The molecule has 0 fully saturated rings. The molecule has 0 unspecified atom stereocenters. The molecular weight excluding hydrogens is 321 g/mol. The predicted octanol–water partition coefficient (Wildman–Crippen LogP) is 4.65. The van der Waals surface area contributed by atoms with Crippen molar-refractivity contribution in [3.63, 3.8) is 0 Å². The molecule has 0 aliphatic carbocycles. The number of ether oxygens (including phenoxy) is 1. The number of nitrogens with zero attached hydrogens (tertiary/aromatic N) is 2. The van der Waals surface area contributed by atoms with Crippen molar-refractivity contribution in [1.29, 1.82) is 0 Å². The van der Waals surface area contributed by atoms with Gasteiger partial charge in [0, 0.05) is 34.2 Å². The van der Waals surface area contributed by atoms with Crippen LogP contribution in [0.3, 0.4) is 0 Å². The van der Waals surface area contributed by atoms with Crippen molar-refractivity contribution in [3.8, 4) is 16.9 Å². The zero-order chi connectivity index (χ0) is 15.7. The lowest BCUT2D eigenvalue weighted by Gasteiger charge is -2.12. The fraction of sp³-hybridized carbons (Fsp3) is 0.125. The maximum Gasteiger partial charge on any atom is 0.223 e. The lowest BCUT2D eigenvalue weighted by atomic mass is 10.0. The normalized spacial score (nSPS) is 10.7. The number of nitrogens with one attached hydrogen (secondary N) is 1. The number of benzene rings is 2. The van der Waals surface area contributed by atoms with Crippen molar-refractivity contribution in [2.75, 3.05) is 19.5 Å². The van der Waals surface area contributed by atoms with Crippen molar-refractivity contribution in [1.82, 2.24) is 9.97 Å². The molecule has 0 aliphatic heterocycles. The van der Waals surface area contributed by atoms with Crippen molar-refractivity contribution in [2.24, 2.45) is 0 Å². The fourth-order valence-electron chi connectivity index (χ4n) is 2.32. The van der Waals surface area contributed by atoms with E-state index in [0.717, 1.165) is 22.0 Å². The van der Waals surface area contributed by atoms with Gasteiger partial charge in [-0.05, 0) is 35.9 Å². The number of hydrogen-bond acceptors (Lipinski definition) is 4. The van der Waals surface area contributed by atoms with Gasteiger partial charge in [-0.3, -0.25) is 0 Å². The van der Waals surface area contributed by atoms with E-state index < -0.39 is 0 Å². The fourth-order valence-corrected chi connectivity index (χ4v) is 2.71. The average Bonchev–Trinajstić information content (AvgIpc) is 2.55. The molecule has 3 rings (SSSR count). The van der Waals surface area contributed by atoms with Crippen LogP contribution in [0.5, 0.6) is 5.75 Å². The van der Waals surface area contributed by atoms with E-state index in [0.29, 0.717) is 21.7 Å². The maximum absolute atomic E-state index is 6.32. The molecule has 0 saturated heterocycles. The van der Waals surface area contributed by atoms with Crippen LogP contribution in [0.15, 0.2) is 36.5 Å². The maximum atomic E-state index is 6.32. The first-order valence-corrected chi connectivity index (χ1v) is 7.36. The van der Waals surface area contributed by atoms with Gasteiger partial charge < -0.3 is 10.1 Å². The molecule has 1 N–H and O–H groups in total. The Bertz CT molecular complexity index is 852. The molecule has 0 spiro atoms. The molecule has 112 valence electrons. The van der Waals surface area contributed by atoms with E-state index in [1.807, 2.05) is 18.2 Å². The third-order valence-electron chi connectivity index (χ3n) is 3.38. The summed E-state index contributed by atoms with van der Waals surface area (Å²) in [5, 5.41) is 5.02. The summed E-state index contributed by atoms with van der Waals surface area (Å²) in [6.45, 7) is 0. The molecule has 3 aromatic rings. The number of anilines is 1. The summed E-state index contributed by atoms with van der Waals surface area (Å²) >= 11 is 12.4. The number of halogens is 2. The SMILES string of the molecule is CNc1ncc2c(-c3cc(Cl)ccc3Cl)ccc(OC)c2n1. The van der Waals surface area contributed by atoms with Crippen molar-refractivity contribution in [3.05, 3.63) is 46.6 Å². The van der Waals surface area contributed by atoms with Crippen molar-refractivity contribution < 1.29 is 4.74 Å². The Balaban J connectivity index is 2.33. The van der Waals surface area contributed by atoms with Gasteiger partial charge in [0.25, 0.3) is 0 Å². The molecule has 2 aromatic carbocycles. The standard InChI is InChI=1S/C16H13Cl2N3O/c1-19-16-20-8-12-10(4-6-14(22-2)15(12)21-16)11-7-9(17)3-5-13(11)18/h3-8H,1-2H3,(H,19,20,21). The third kappa shape index (κ3) is 2.56. The first kappa shape index (κ1) is 14.9. The van der Waals surface area contributed by atoms with E-state index >= 15 is 0 Å². The van der Waals surface area contributed by atoms with Crippen LogP contribution in [0, 0.1) is 0 Å². The lowest BCUT2D eigenvalue weighted by Crippen LogP contribution is -1.98. The zero-order valence-electron chi connectivity index (χ0n) is 12.0. The third-order valence-corrected chi connectivity index (χ3v) is 3.94. The Hall–Kier alpha value is -2.04. The molecule has 6 heteroatoms. The van der Waals surface area contributed by atoms with Gasteiger partial charge in [0.15, 0.2) is 0 Å². The van der Waals surface area contributed by atoms with E-state index in [1.54, 1.807) is 32.5 Å². The molecule has 0 aliphatic rings. The van der Waals surface area contributed by atoms with Crippen molar-refractivity contribution in [2.45, 2.75) is 0 Å². The second-order valence-corrected chi connectivity index (χ2v) is 5.49. The topological polar surface area (TPSA) is 47.0 Å². The molecule has 4 nitrogen and oxygen atoms in total. The summed E-state index contributed by atoms with van der Waals surface area (Å²) in [7, 11) is 3.38. The van der Waals surface area contributed by atoms with Gasteiger partial charge in [-0.15, -0.1) is 0 Å². The lowest BCUT2D eigenvalue weighted by molar-refractivity contribution is 0.419. The average molecular weight is 334 g/mol. The number of methoxy groups -OCH3 is 1. The summed E-state index contributed by atoms with van der Waals surface area (Å²) in [6, 6.07) is 9.16. The highest BCUT2D eigenvalue weighted by Crippen LogP contribution is 2.37. The quantitative estimate of drug-likeness (QED) is 0.757. The summed E-state index contributed by atoms with van der Waals surface area (Å²) in [6.07, 6.45) is 1.75. The van der Waals surface area contributed by atoms with Gasteiger partial charge in [0.1, 0.15) is 11.3 Å². The Morgan fingerprint density at radius 3 is 2.64 bits per heavy atom. The van der Waals surface area contributed by atoms with E-state index in [1.165, 1.54) is 0 Å². The van der Waals surface area contributed by atoms with Gasteiger partial charge in [-0.1, -0.05) is 23.2 Å². The molecule has 1 heterocycles. The van der Waals surface area contributed by atoms with Crippen LogP contribution in [0.4, 0.5) is 5.95 Å². The molecule has 0 radical (unpaired) electrons. The van der Waals surface area contributed by atoms with Crippen LogP contribution in [0.1, 0.15) is 0 Å². The second kappa shape index (κ2) is 5.99. The van der Waals surface area contributed by atoms with Crippen LogP contribution in [0.2, 0.25) is 10.0 Å². The Morgan fingerprint density at radius 1 is 1.09 bits per heavy atom. The molecule has 0 atom stereocenters. The van der Waals surface area contributed by atoms with Crippen molar-refractivity contribution >= 4 is 40.1 Å². The molecule has 0 saturated carbocycles. The molecule has 0 bridgehead atoms. The number of hydrogen-bond donors (Lipinski definition) is 1. The molecular formula is C16H13Cl2N3O. The van der Waals surface area contributed by atoms with Crippen LogP contribution >= 0.6 is 23.2 Å². The summed E-state index contributed by atoms with van der Waals surface area (Å²) in [5.41, 5.74) is 2.46. The van der Waals surface area contributed by atoms with Crippen LogP contribution in [-0.4, -0.2) is 24.1 Å². The Morgan fingerprint density at radius 2 is 1.91 bits per heavy atom. The number of aromatic nitrogens is 2. The molecule has 1 aromatic heterocycles. The Kier molecular flexibility index (Phi) is 4.05. The zero-order valence-corrected chi connectivity index (χ0v) is 13.5. The first-order chi connectivity index (χ1) is 10.6. The van der Waals surface area contributed by atoms with E-state index in [-0.39, 0.29) is 0 Å². The van der Waals surface area contributed by atoms with E-state index in [2.05, 4.69) is 15.3 Å². The van der Waals surface area contributed by atoms with Gasteiger partial charge in [-0.25, -0.2) is 9.97 Å². The minimum atomic E-state index is 0.528. The highest BCUT2D eigenvalue weighted by Gasteiger charge is 2.13. The first-order valence-electron chi connectivity index (χ1n) is 6.61. The van der Waals surface area contributed by atoms with Gasteiger partial charge >= 0.3 is 0 Å². The number of fused-ring (bicyclic) bond motifs is 1. The van der Waals surface area contributed by atoms with Gasteiger partial charge in [0.2, 0.25) is 5.95 Å². The smallest absolute Gasteiger partial charge is 0.223 e. The largest absolute Gasteiger partial charge is 0.494 e. The van der Waals surface area contributed by atoms with Crippen LogP contribution < -0.4 is 10.1 Å². The highest BCUT2D eigenvalue weighted by molar-refractivity contribution is 6.35. The van der Waals surface area contributed by atoms with E-state index in [9.17, 15) is 0 Å². The molecule has 0 amide bonds. The van der Waals surface area contributed by atoms with Crippen LogP contribution in [0.25, 0.3) is 22.0 Å². The highest BCUT2D eigenvalue weighted by atomic mass is 35.5. The number of rotatable bonds is 3. The Labute approximate surface area is 138 Å². The summed E-state index contributed by atoms with van der Waals surface area (Å²) < 4.78 is 5.39. The monoisotopic (exact) mass is 333 g/mol. The summed E-state index contributed by atoms with van der Waals surface area (Å²) in [5.74, 6) is 1.20. The molecule has 22 heavy (non-hydrogen) atoms. The minimum Gasteiger partial charge on any atom is -0.494 e. The predicted molar refractivity (Wildman–Crippen MR) is 91.1 cm³/mol. The van der Waals surface area contributed by atoms with Gasteiger partial charge in [-0.2, -0.15) is 0 Å². The van der Waals surface area contributed by atoms with E-state index in [4.69, 9.17) is 27.9 Å². The summed E-state index contributed by atoms with van der Waals surface area (Å²) in [4.78, 5) is 8.76. The van der Waals surface area contributed by atoms with Crippen LogP contribution in [-0.2, 0) is 0 Å².